The number of hydrogen-bond donors (Lipinski definition) is 1. The Hall–Kier alpha value is -4.43. The van der Waals surface area contributed by atoms with E-state index in [1.54, 1.807) is 35.0 Å². The molecule has 2 aromatic heterocycles. The van der Waals surface area contributed by atoms with E-state index >= 15 is 0 Å². The van der Waals surface area contributed by atoms with Gasteiger partial charge in [-0.25, -0.2) is 9.97 Å². The monoisotopic (exact) mass is 582 g/mol. The Bertz CT molecular complexity index is 1500. The number of aromatic nitrogens is 4. The van der Waals surface area contributed by atoms with E-state index in [1.807, 2.05) is 18.2 Å². The SMILES string of the molecule is CC(C)(Oc1ccc(C(F)(F)F)cn1)C(=O)N[C@@H](Cn1cncn1)[C@@H](Cc1ccc(Cl)cc1)c1cccc(C#N)c1. The zero-order valence-electron chi connectivity index (χ0n) is 22.1. The lowest BCUT2D eigenvalue weighted by atomic mass is 9.84. The highest BCUT2D eigenvalue weighted by molar-refractivity contribution is 6.30. The molecule has 2 aromatic carbocycles. The quantitative estimate of drug-likeness (QED) is 0.261. The van der Waals surface area contributed by atoms with Crippen molar-refractivity contribution in [2.75, 3.05) is 0 Å². The molecule has 1 amide bonds. The Morgan fingerprint density at radius 3 is 2.51 bits per heavy atom. The highest BCUT2D eigenvalue weighted by Gasteiger charge is 2.36. The van der Waals surface area contributed by atoms with E-state index in [9.17, 15) is 23.2 Å². The van der Waals surface area contributed by atoms with Crippen LogP contribution >= 0.6 is 11.6 Å². The van der Waals surface area contributed by atoms with Crippen LogP contribution in [-0.2, 0) is 23.9 Å². The lowest BCUT2D eigenvalue weighted by Gasteiger charge is -2.32. The largest absolute Gasteiger partial charge is 0.462 e. The van der Waals surface area contributed by atoms with Crippen LogP contribution in [0, 0.1) is 11.3 Å². The van der Waals surface area contributed by atoms with Gasteiger partial charge in [-0.1, -0.05) is 35.9 Å². The van der Waals surface area contributed by atoms with E-state index in [-0.39, 0.29) is 18.3 Å². The number of nitriles is 1. The maximum absolute atomic E-state index is 13.6. The van der Waals surface area contributed by atoms with E-state index in [0.29, 0.717) is 23.2 Å². The number of rotatable bonds is 10. The van der Waals surface area contributed by atoms with E-state index < -0.39 is 29.3 Å². The molecule has 2 heterocycles. The summed E-state index contributed by atoms with van der Waals surface area (Å²) < 4.78 is 46.1. The molecular formula is C29H26ClF3N6O2. The summed E-state index contributed by atoms with van der Waals surface area (Å²) in [5, 5.41) is 17.4. The van der Waals surface area contributed by atoms with Crippen LogP contribution < -0.4 is 10.1 Å². The molecule has 4 aromatic rings. The van der Waals surface area contributed by atoms with Gasteiger partial charge >= 0.3 is 6.18 Å². The number of carbonyl (C=O) groups excluding carboxylic acids is 1. The lowest BCUT2D eigenvalue weighted by Crippen LogP contribution is -2.53. The van der Waals surface area contributed by atoms with Crippen LogP contribution in [0.4, 0.5) is 13.2 Å². The smallest absolute Gasteiger partial charge is 0.417 e. The number of nitrogens with one attached hydrogen (secondary N) is 1. The van der Waals surface area contributed by atoms with Crippen LogP contribution in [0.25, 0.3) is 0 Å². The van der Waals surface area contributed by atoms with Crippen LogP contribution in [0.5, 0.6) is 5.88 Å². The number of benzene rings is 2. The van der Waals surface area contributed by atoms with Gasteiger partial charge in [-0.3, -0.25) is 9.48 Å². The predicted octanol–water partition coefficient (Wildman–Crippen LogP) is 5.59. The Morgan fingerprint density at radius 1 is 1.15 bits per heavy atom. The Labute approximate surface area is 239 Å². The average molecular weight is 583 g/mol. The molecule has 1 N–H and O–H groups in total. The molecule has 0 radical (unpaired) electrons. The summed E-state index contributed by atoms with van der Waals surface area (Å²) in [5.41, 5.74) is -0.208. The van der Waals surface area contributed by atoms with Crippen molar-refractivity contribution < 1.29 is 22.7 Å². The van der Waals surface area contributed by atoms with Gasteiger partial charge in [0.2, 0.25) is 5.88 Å². The summed E-state index contributed by atoms with van der Waals surface area (Å²) in [5.74, 6) is -0.995. The first kappa shape index (κ1) is 29.6. The summed E-state index contributed by atoms with van der Waals surface area (Å²) in [7, 11) is 0. The molecule has 12 heteroatoms. The molecule has 41 heavy (non-hydrogen) atoms. The topological polar surface area (TPSA) is 106 Å². The van der Waals surface area contributed by atoms with Crippen molar-refractivity contribution in [1.82, 2.24) is 25.1 Å². The van der Waals surface area contributed by atoms with Crippen molar-refractivity contribution in [3.63, 3.8) is 0 Å². The van der Waals surface area contributed by atoms with Gasteiger partial charge in [-0.15, -0.1) is 0 Å². The Balaban J connectivity index is 1.65. The zero-order chi connectivity index (χ0) is 29.6. The van der Waals surface area contributed by atoms with Crippen LogP contribution in [0.3, 0.4) is 0 Å². The third kappa shape index (κ3) is 7.83. The molecule has 212 valence electrons. The van der Waals surface area contributed by atoms with Gasteiger partial charge in [0.15, 0.2) is 5.60 Å². The molecule has 0 aliphatic rings. The molecule has 0 aliphatic carbocycles. The normalized spacial score (nSPS) is 13.2. The number of alkyl halides is 3. The first-order valence-corrected chi connectivity index (χ1v) is 12.9. The van der Waals surface area contributed by atoms with E-state index in [1.165, 1.54) is 26.5 Å². The number of pyridine rings is 1. The zero-order valence-corrected chi connectivity index (χ0v) is 22.9. The van der Waals surface area contributed by atoms with Gasteiger partial charge < -0.3 is 10.1 Å². The molecule has 0 unspecified atom stereocenters. The minimum Gasteiger partial charge on any atom is -0.462 e. The summed E-state index contributed by atoms with van der Waals surface area (Å²) in [6.45, 7) is 3.23. The molecule has 8 nitrogen and oxygen atoms in total. The van der Waals surface area contributed by atoms with E-state index in [4.69, 9.17) is 16.3 Å². The number of amides is 1. The molecule has 0 bridgehead atoms. The maximum atomic E-state index is 13.6. The van der Waals surface area contributed by atoms with Crippen molar-refractivity contribution in [2.45, 2.75) is 50.6 Å². The Kier molecular flexibility index (Phi) is 8.93. The number of nitrogens with zero attached hydrogens (tertiary/aromatic N) is 5. The van der Waals surface area contributed by atoms with Crippen molar-refractivity contribution in [3.8, 4) is 11.9 Å². The fourth-order valence-electron chi connectivity index (χ4n) is 4.27. The number of halogens is 4. The first-order chi connectivity index (χ1) is 19.4. The first-order valence-electron chi connectivity index (χ1n) is 12.5. The number of hydrogen-bond acceptors (Lipinski definition) is 6. The average Bonchev–Trinajstić information content (AvgIpc) is 3.45. The van der Waals surface area contributed by atoms with Crippen molar-refractivity contribution >= 4 is 17.5 Å². The van der Waals surface area contributed by atoms with Crippen LogP contribution in [0.1, 0.15) is 42.0 Å². The third-order valence-electron chi connectivity index (χ3n) is 6.44. The fraction of sp³-hybridized carbons (Fsp3) is 0.276. The van der Waals surface area contributed by atoms with Crippen molar-refractivity contribution in [2.24, 2.45) is 0 Å². The molecular weight excluding hydrogens is 557 g/mol. The van der Waals surface area contributed by atoms with E-state index in [2.05, 4.69) is 26.5 Å². The molecule has 0 spiro atoms. The molecule has 4 rings (SSSR count). The van der Waals surface area contributed by atoms with Gasteiger partial charge in [0.25, 0.3) is 5.91 Å². The van der Waals surface area contributed by atoms with Gasteiger partial charge in [-0.2, -0.15) is 23.5 Å². The van der Waals surface area contributed by atoms with Gasteiger partial charge in [0.05, 0.1) is 29.8 Å². The number of ether oxygens (including phenoxy) is 1. The van der Waals surface area contributed by atoms with Gasteiger partial charge in [0.1, 0.15) is 12.7 Å². The summed E-state index contributed by atoms with van der Waals surface area (Å²) >= 11 is 6.09. The summed E-state index contributed by atoms with van der Waals surface area (Å²) in [6.07, 6.45) is -0.506. The molecule has 0 fully saturated rings. The lowest BCUT2D eigenvalue weighted by molar-refractivity contribution is -0.138. The van der Waals surface area contributed by atoms with Crippen LogP contribution in [0.15, 0.2) is 79.5 Å². The molecule has 0 aliphatic heterocycles. The van der Waals surface area contributed by atoms with Crippen LogP contribution in [0.2, 0.25) is 5.02 Å². The predicted molar refractivity (Wildman–Crippen MR) is 145 cm³/mol. The van der Waals surface area contributed by atoms with E-state index in [0.717, 1.165) is 23.3 Å². The van der Waals surface area contributed by atoms with Crippen LogP contribution in [-0.4, -0.2) is 37.3 Å². The minimum atomic E-state index is -4.55. The van der Waals surface area contributed by atoms with Gasteiger partial charge in [-0.05, 0) is 61.7 Å². The molecule has 0 saturated carbocycles. The standard InChI is InChI=1S/C29H26ClF3N6O2/c1-28(2,41-26-11-8-22(15-36-26)29(31,32)33)27(40)38-25(16-39-18-35-17-37-39)24(13-19-6-9-23(30)10-7-19)21-5-3-4-20(12-21)14-34/h3-12,15,17-18,24-25H,13,16H2,1-2H3,(H,38,40)/t24-,25-/m0/s1. The highest BCUT2D eigenvalue weighted by Crippen LogP contribution is 2.31. The molecule has 2 atom stereocenters. The fourth-order valence-corrected chi connectivity index (χ4v) is 4.39. The maximum Gasteiger partial charge on any atom is 0.417 e. The number of carbonyl (C=O) groups is 1. The third-order valence-corrected chi connectivity index (χ3v) is 6.69. The summed E-state index contributed by atoms with van der Waals surface area (Å²) in [6, 6.07) is 18.0. The second-order valence-corrected chi connectivity index (χ2v) is 10.3. The minimum absolute atomic E-state index is 0.134. The second-order valence-electron chi connectivity index (χ2n) is 9.87. The second kappa shape index (κ2) is 12.4. The van der Waals surface area contributed by atoms with Crippen molar-refractivity contribution in [3.05, 3.63) is 107 Å². The highest BCUT2D eigenvalue weighted by atomic mass is 35.5. The summed E-state index contributed by atoms with van der Waals surface area (Å²) in [4.78, 5) is 21.4. The van der Waals surface area contributed by atoms with Crippen molar-refractivity contribution in [1.29, 1.82) is 5.26 Å². The Morgan fingerprint density at radius 2 is 1.90 bits per heavy atom. The molecule has 0 saturated heterocycles. The van der Waals surface area contributed by atoms with Gasteiger partial charge in [0, 0.05) is 23.2 Å².